The highest BCUT2D eigenvalue weighted by Gasteiger charge is 2.35. The van der Waals surface area contributed by atoms with Crippen LogP contribution in [-0.2, 0) is 12.7 Å². The van der Waals surface area contributed by atoms with Crippen molar-refractivity contribution in [2.45, 2.75) is 19.1 Å². The standard InChI is InChI=1S/C12H12F5N3/c13-9-5-8(12(15,16)17)10(14)4-7(9)6-20-11-18-2-1-3-19-11/h4-5H,1-3,6H2,(H2,18,19,20). The van der Waals surface area contributed by atoms with Crippen LogP contribution >= 0.6 is 0 Å². The lowest BCUT2D eigenvalue weighted by Gasteiger charge is -2.16. The maximum atomic E-state index is 13.5. The van der Waals surface area contributed by atoms with Crippen LogP contribution in [0.5, 0.6) is 0 Å². The first kappa shape index (κ1) is 14.5. The minimum absolute atomic E-state index is 0.146. The zero-order valence-electron chi connectivity index (χ0n) is 10.3. The quantitative estimate of drug-likeness (QED) is 0.822. The third-order valence-corrected chi connectivity index (χ3v) is 2.79. The van der Waals surface area contributed by atoms with Crippen molar-refractivity contribution in [3.8, 4) is 0 Å². The molecule has 0 spiro atoms. The van der Waals surface area contributed by atoms with E-state index in [4.69, 9.17) is 0 Å². The molecule has 0 amide bonds. The molecule has 110 valence electrons. The van der Waals surface area contributed by atoms with Crippen LogP contribution < -0.4 is 10.6 Å². The Morgan fingerprint density at radius 2 is 1.95 bits per heavy atom. The van der Waals surface area contributed by atoms with Crippen molar-refractivity contribution in [1.29, 1.82) is 0 Å². The molecule has 20 heavy (non-hydrogen) atoms. The Bertz CT molecular complexity index is 525. The highest BCUT2D eigenvalue weighted by atomic mass is 19.4. The number of guanidine groups is 1. The van der Waals surface area contributed by atoms with E-state index in [-0.39, 0.29) is 18.2 Å². The average molecular weight is 293 g/mol. The van der Waals surface area contributed by atoms with Gasteiger partial charge in [0.2, 0.25) is 0 Å². The van der Waals surface area contributed by atoms with Crippen LogP contribution in [0.15, 0.2) is 17.1 Å². The van der Waals surface area contributed by atoms with Crippen molar-refractivity contribution in [3.05, 3.63) is 34.9 Å². The second-order valence-corrected chi connectivity index (χ2v) is 4.29. The Balaban J connectivity index is 2.13. The smallest absolute Gasteiger partial charge is 0.356 e. The van der Waals surface area contributed by atoms with Gasteiger partial charge < -0.3 is 10.6 Å². The van der Waals surface area contributed by atoms with Crippen LogP contribution in [0.2, 0.25) is 0 Å². The predicted molar refractivity (Wildman–Crippen MR) is 63.1 cm³/mol. The summed E-state index contributed by atoms with van der Waals surface area (Å²) < 4.78 is 64.0. The maximum absolute atomic E-state index is 13.5. The molecule has 0 aromatic heterocycles. The van der Waals surface area contributed by atoms with Gasteiger partial charge in [-0.25, -0.2) is 8.78 Å². The zero-order valence-corrected chi connectivity index (χ0v) is 10.3. The largest absolute Gasteiger partial charge is 0.419 e. The van der Waals surface area contributed by atoms with E-state index in [1.807, 2.05) is 0 Å². The molecule has 0 atom stereocenters. The SMILES string of the molecule is Fc1cc(C(F)(F)F)c(F)cc1CNC1=NCCCN1. The number of aliphatic imine (C=N–C) groups is 1. The molecule has 1 aromatic carbocycles. The number of nitrogens with zero attached hydrogens (tertiary/aromatic N) is 1. The fourth-order valence-electron chi connectivity index (χ4n) is 1.77. The van der Waals surface area contributed by atoms with E-state index >= 15 is 0 Å². The molecule has 0 fully saturated rings. The second-order valence-electron chi connectivity index (χ2n) is 4.29. The fourth-order valence-corrected chi connectivity index (χ4v) is 1.77. The summed E-state index contributed by atoms with van der Waals surface area (Å²) in [4.78, 5) is 4.05. The molecule has 0 unspecified atom stereocenters. The van der Waals surface area contributed by atoms with Crippen molar-refractivity contribution in [3.63, 3.8) is 0 Å². The first-order valence-corrected chi connectivity index (χ1v) is 5.95. The van der Waals surface area contributed by atoms with Gasteiger partial charge in [-0.15, -0.1) is 0 Å². The number of hydrogen-bond acceptors (Lipinski definition) is 3. The van der Waals surface area contributed by atoms with Gasteiger partial charge in [0.25, 0.3) is 0 Å². The minimum atomic E-state index is -4.91. The van der Waals surface area contributed by atoms with Gasteiger partial charge in [-0.2, -0.15) is 13.2 Å². The summed E-state index contributed by atoms with van der Waals surface area (Å²) in [6.07, 6.45) is -4.04. The second kappa shape index (κ2) is 5.64. The molecule has 0 aliphatic carbocycles. The van der Waals surface area contributed by atoms with Crippen molar-refractivity contribution in [2.24, 2.45) is 4.99 Å². The van der Waals surface area contributed by atoms with Gasteiger partial charge in [0.15, 0.2) is 5.96 Å². The third kappa shape index (κ3) is 3.37. The molecular weight excluding hydrogens is 281 g/mol. The van der Waals surface area contributed by atoms with Gasteiger partial charge in [0.1, 0.15) is 11.6 Å². The number of benzene rings is 1. The number of rotatable bonds is 2. The summed E-state index contributed by atoms with van der Waals surface area (Å²) in [5, 5.41) is 5.62. The Kier molecular flexibility index (Phi) is 4.10. The van der Waals surface area contributed by atoms with Crippen molar-refractivity contribution in [1.82, 2.24) is 10.6 Å². The molecule has 1 aliphatic rings. The van der Waals surface area contributed by atoms with E-state index in [2.05, 4.69) is 15.6 Å². The molecule has 0 saturated carbocycles. The summed E-state index contributed by atoms with van der Waals surface area (Å²) in [6, 6.07) is 0.719. The molecule has 1 heterocycles. The molecule has 1 aromatic rings. The normalized spacial score (nSPS) is 15.6. The predicted octanol–water partition coefficient (Wildman–Crippen LogP) is 2.42. The third-order valence-electron chi connectivity index (χ3n) is 2.79. The van der Waals surface area contributed by atoms with Crippen molar-refractivity contribution >= 4 is 5.96 Å². The van der Waals surface area contributed by atoms with E-state index in [9.17, 15) is 22.0 Å². The van der Waals surface area contributed by atoms with Crippen LogP contribution in [0.1, 0.15) is 17.5 Å². The Hall–Kier alpha value is -1.86. The first-order valence-electron chi connectivity index (χ1n) is 5.95. The highest BCUT2D eigenvalue weighted by Crippen LogP contribution is 2.32. The van der Waals surface area contributed by atoms with Crippen molar-refractivity contribution < 1.29 is 22.0 Å². The van der Waals surface area contributed by atoms with Crippen LogP contribution in [-0.4, -0.2) is 19.0 Å². The summed E-state index contributed by atoms with van der Waals surface area (Å²) in [7, 11) is 0. The van der Waals surface area contributed by atoms with Crippen LogP contribution in [0.3, 0.4) is 0 Å². The fraction of sp³-hybridized carbons (Fsp3) is 0.417. The Morgan fingerprint density at radius 3 is 2.55 bits per heavy atom. The van der Waals surface area contributed by atoms with E-state index in [0.29, 0.717) is 25.1 Å². The van der Waals surface area contributed by atoms with E-state index in [0.717, 1.165) is 6.42 Å². The molecule has 1 aliphatic heterocycles. The molecule has 2 N–H and O–H groups in total. The number of nitrogens with one attached hydrogen (secondary N) is 2. The molecule has 0 bridgehead atoms. The molecular formula is C12H12F5N3. The topological polar surface area (TPSA) is 36.4 Å². The molecule has 2 rings (SSSR count). The van der Waals surface area contributed by atoms with Crippen LogP contribution in [0.25, 0.3) is 0 Å². The first-order chi connectivity index (χ1) is 9.38. The maximum Gasteiger partial charge on any atom is 0.419 e. The lowest BCUT2D eigenvalue weighted by molar-refractivity contribution is -0.140. The summed E-state index contributed by atoms with van der Waals surface area (Å²) >= 11 is 0. The lowest BCUT2D eigenvalue weighted by atomic mass is 10.1. The summed E-state index contributed by atoms with van der Waals surface area (Å²) in [6.45, 7) is 1.17. The van der Waals surface area contributed by atoms with Gasteiger partial charge >= 0.3 is 6.18 Å². The molecule has 0 radical (unpaired) electrons. The number of alkyl halides is 3. The molecule has 3 nitrogen and oxygen atoms in total. The van der Waals surface area contributed by atoms with Gasteiger partial charge in [0, 0.05) is 25.2 Å². The van der Waals surface area contributed by atoms with Crippen LogP contribution in [0, 0.1) is 11.6 Å². The Labute approximate surface area is 111 Å². The van der Waals surface area contributed by atoms with Gasteiger partial charge in [-0.05, 0) is 18.6 Å². The monoisotopic (exact) mass is 293 g/mol. The van der Waals surface area contributed by atoms with E-state index in [1.54, 1.807) is 0 Å². The minimum Gasteiger partial charge on any atom is -0.356 e. The number of hydrogen-bond donors (Lipinski definition) is 2. The van der Waals surface area contributed by atoms with E-state index in [1.165, 1.54) is 0 Å². The molecule has 8 heteroatoms. The zero-order chi connectivity index (χ0) is 14.8. The van der Waals surface area contributed by atoms with Gasteiger partial charge in [-0.3, -0.25) is 4.99 Å². The lowest BCUT2D eigenvalue weighted by Crippen LogP contribution is -2.40. The van der Waals surface area contributed by atoms with Crippen LogP contribution in [0.4, 0.5) is 22.0 Å². The van der Waals surface area contributed by atoms with Gasteiger partial charge in [-0.1, -0.05) is 0 Å². The summed E-state index contributed by atoms with van der Waals surface area (Å²) in [5.41, 5.74) is -1.79. The van der Waals surface area contributed by atoms with Gasteiger partial charge in [0.05, 0.1) is 5.56 Å². The van der Waals surface area contributed by atoms with Crippen molar-refractivity contribution in [2.75, 3.05) is 13.1 Å². The number of halogens is 5. The average Bonchev–Trinajstić information content (AvgIpc) is 2.39. The summed E-state index contributed by atoms with van der Waals surface area (Å²) in [5.74, 6) is -2.17. The Morgan fingerprint density at radius 1 is 1.20 bits per heavy atom. The van der Waals surface area contributed by atoms with E-state index < -0.39 is 23.4 Å². The highest BCUT2D eigenvalue weighted by molar-refractivity contribution is 5.80. The molecule has 0 saturated heterocycles.